The fourth-order valence-corrected chi connectivity index (χ4v) is 5.47. The molecule has 0 aliphatic carbocycles. The molecule has 178 valence electrons. The Morgan fingerprint density at radius 1 is 0.625 bits per heavy atom. The van der Waals surface area contributed by atoms with Crippen molar-refractivity contribution >= 4 is 20.2 Å². The average molecular weight is 483 g/mol. The molecule has 0 saturated carbocycles. The van der Waals surface area contributed by atoms with E-state index < -0.39 is 20.2 Å². The molecule has 0 N–H and O–H groups in total. The predicted octanol–water partition coefficient (Wildman–Crippen LogP) is 5.25. The molecule has 0 amide bonds. The van der Waals surface area contributed by atoms with Gasteiger partial charge in [0.2, 0.25) is 0 Å². The summed E-state index contributed by atoms with van der Waals surface area (Å²) in [5.74, 6) is -0.290. The second-order valence-electron chi connectivity index (χ2n) is 8.20. The third-order valence-electron chi connectivity index (χ3n) is 5.48. The molecule has 2 atom stereocenters. The zero-order chi connectivity index (χ0) is 23.8. The van der Waals surface area contributed by atoms with E-state index in [2.05, 4.69) is 0 Å². The van der Waals surface area contributed by atoms with Crippen LogP contribution in [-0.4, -0.2) is 30.0 Å². The van der Waals surface area contributed by atoms with Crippen molar-refractivity contribution in [2.75, 3.05) is 13.2 Å². The van der Waals surface area contributed by atoms with Gasteiger partial charge in [-0.05, 0) is 62.8 Å². The Kier molecular flexibility index (Phi) is 9.88. The zero-order valence-corrected chi connectivity index (χ0v) is 20.9. The van der Waals surface area contributed by atoms with E-state index >= 15 is 0 Å². The summed E-state index contributed by atoms with van der Waals surface area (Å²) in [6, 6.07) is 13.0. The van der Waals surface area contributed by atoms with Crippen molar-refractivity contribution in [2.24, 2.45) is 11.8 Å². The molecule has 0 spiro atoms. The molecular formula is C24H34O6S2. The number of hydrogen-bond acceptors (Lipinski definition) is 6. The Labute approximate surface area is 193 Å². The van der Waals surface area contributed by atoms with Gasteiger partial charge < -0.3 is 0 Å². The van der Waals surface area contributed by atoms with Gasteiger partial charge in [0.05, 0.1) is 23.0 Å². The van der Waals surface area contributed by atoms with Gasteiger partial charge >= 0.3 is 0 Å². The monoisotopic (exact) mass is 482 g/mol. The lowest BCUT2D eigenvalue weighted by Gasteiger charge is -2.26. The first-order chi connectivity index (χ1) is 15.1. The van der Waals surface area contributed by atoms with Crippen LogP contribution in [0.2, 0.25) is 0 Å². The summed E-state index contributed by atoms with van der Waals surface area (Å²) in [4.78, 5) is 0.229. The second-order valence-corrected chi connectivity index (χ2v) is 11.4. The molecule has 0 saturated heterocycles. The molecule has 8 heteroatoms. The first kappa shape index (κ1) is 26.5. The Hall–Kier alpha value is -1.74. The minimum absolute atomic E-state index is 0.0113. The molecule has 6 nitrogen and oxygen atoms in total. The highest BCUT2D eigenvalue weighted by Gasteiger charge is 2.27. The van der Waals surface area contributed by atoms with E-state index in [1.807, 2.05) is 27.7 Å². The summed E-state index contributed by atoms with van der Waals surface area (Å²) in [6.07, 6.45) is 3.07. The molecule has 0 radical (unpaired) electrons. The van der Waals surface area contributed by atoms with Crippen LogP contribution in [0.3, 0.4) is 0 Å². The molecule has 0 aliphatic rings. The largest absolute Gasteiger partial charge is 0.296 e. The maximum absolute atomic E-state index is 12.6. The van der Waals surface area contributed by atoms with E-state index in [1.54, 1.807) is 24.3 Å². The van der Waals surface area contributed by atoms with E-state index in [-0.39, 0.29) is 34.8 Å². The van der Waals surface area contributed by atoms with Gasteiger partial charge in [-0.15, -0.1) is 0 Å². The first-order valence-corrected chi connectivity index (χ1v) is 13.8. The normalized spacial score (nSPS) is 14.2. The Balaban J connectivity index is 2.11. The smallest absolute Gasteiger partial charge is 0.266 e. The third-order valence-corrected chi connectivity index (χ3v) is 8.07. The van der Waals surface area contributed by atoms with Gasteiger partial charge in [0, 0.05) is 0 Å². The molecule has 2 aromatic carbocycles. The van der Waals surface area contributed by atoms with Gasteiger partial charge in [0.15, 0.2) is 0 Å². The van der Waals surface area contributed by atoms with E-state index in [0.29, 0.717) is 12.8 Å². The van der Waals surface area contributed by atoms with Gasteiger partial charge in [-0.25, -0.2) is 0 Å². The minimum atomic E-state index is -3.89. The summed E-state index contributed by atoms with van der Waals surface area (Å²) >= 11 is 0. The topological polar surface area (TPSA) is 86.7 Å². The van der Waals surface area contributed by atoms with Crippen LogP contribution >= 0.6 is 0 Å². The van der Waals surface area contributed by atoms with Crippen molar-refractivity contribution in [3.8, 4) is 0 Å². The SMILES string of the molecule is CCC[C@@H](COS(=O)(=O)c1ccc(C)cc1)[C@@H](CCC)COS(=O)(=O)c1ccc(C)cc1. The van der Waals surface area contributed by atoms with Crippen molar-refractivity contribution in [1.29, 1.82) is 0 Å². The van der Waals surface area contributed by atoms with Crippen LogP contribution in [-0.2, 0) is 28.6 Å². The predicted molar refractivity (Wildman–Crippen MR) is 125 cm³/mol. The maximum Gasteiger partial charge on any atom is 0.296 e. The highest BCUT2D eigenvalue weighted by atomic mass is 32.2. The Bertz CT molecular complexity index is 955. The molecule has 2 aromatic rings. The van der Waals surface area contributed by atoms with Gasteiger partial charge in [0.1, 0.15) is 0 Å². The lowest BCUT2D eigenvalue weighted by Crippen LogP contribution is -2.27. The van der Waals surface area contributed by atoms with Crippen LogP contribution in [0.15, 0.2) is 58.3 Å². The van der Waals surface area contributed by atoms with Gasteiger partial charge in [-0.2, -0.15) is 16.8 Å². The van der Waals surface area contributed by atoms with Crippen molar-refractivity contribution in [2.45, 2.75) is 63.2 Å². The van der Waals surface area contributed by atoms with E-state index in [9.17, 15) is 16.8 Å². The third kappa shape index (κ3) is 7.69. The molecule has 0 unspecified atom stereocenters. The van der Waals surface area contributed by atoms with Crippen molar-refractivity contribution in [3.63, 3.8) is 0 Å². The number of rotatable bonds is 13. The van der Waals surface area contributed by atoms with E-state index in [4.69, 9.17) is 8.37 Å². The number of benzene rings is 2. The summed E-state index contributed by atoms with van der Waals surface area (Å²) in [7, 11) is -7.78. The fraction of sp³-hybridized carbons (Fsp3) is 0.500. The standard InChI is InChI=1S/C24H34O6S2/c1-5-7-21(17-29-31(25,26)23-13-9-19(3)10-14-23)22(8-6-2)18-30-32(27,28)24-15-11-20(4)12-16-24/h9-16,21-22H,5-8,17-18H2,1-4H3/t21-,22-/m0/s1. The van der Waals surface area contributed by atoms with E-state index in [0.717, 1.165) is 24.0 Å². The van der Waals surface area contributed by atoms with Gasteiger partial charge in [0.25, 0.3) is 20.2 Å². The highest BCUT2D eigenvalue weighted by Crippen LogP contribution is 2.27. The van der Waals surface area contributed by atoms with Gasteiger partial charge in [-0.1, -0.05) is 62.1 Å². The molecule has 0 aliphatic heterocycles. The number of aryl methyl sites for hydroxylation is 2. The zero-order valence-electron chi connectivity index (χ0n) is 19.3. The van der Waals surface area contributed by atoms with Crippen LogP contribution in [0.25, 0.3) is 0 Å². The average Bonchev–Trinajstić information content (AvgIpc) is 2.75. The molecule has 0 heterocycles. The van der Waals surface area contributed by atoms with Crippen LogP contribution in [0.4, 0.5) is 0 Å². The molecule has 0 bridgehead atoms. The second kappa shape index (κ2) is 11.9. The van der Waals surface area contributed by atoms with Gasteiger partial charge in [-0.3, -0.25) is 8.37 Å². The van der Waals surface area contributed by atoms with Crippen LogP contribution < -0.4 is 0 Å². The molecule has 0 fully saturated rings. The minimum Gasteiger partial charge on any atom is -0.266 e. The Morgan fingerprint density at radius 3 is 1.22 bits per heavy atom. The van der Waals surface area contributed by atoms with Crippen LogP contribution in [0, 0.1) is 25.7 Å². The molecule has 2 rings (SSSR count). The van der Waals surface area contributed by atoms with Crippen LogP contribution in [0.1, 0.15) is 50.7 Å². The summed E-state index contributed by atoms with van der Waals surface area (Å²) in [6.45, 7) is 7.76. The van der Waals surface area contributed by atoms with E-state index in [1.165, 1.54) is 24.3 Å². The Morgan fingerprint density at radius 2 is 0.938 bits per heavy atom. The fourth-order valence-electron chi connectivity index (χ4n) is 3.55. The first-order valence-electron chi connectivity index (χ1n) is 11.0. The summed E-state index contributed by atoms with van der Waals surface area (Å²) in [5, 5.41) is 0. The van der Waals surface area contributed by atoms with Crippen molar-refractivity contribution in [3.05, 3.63) is 59.7 Å². The lowest BCUT2D eigenvalue weighted by atomic mass is 9.86. The van der Waals surface area contributed by atoms with Crippen molar-refractivity contribution < 1.29 is 25.2 Å². The lowest BCUT2D eigenvalue weighted by molar-refractivity contribution is 0.132. The number of hydrogen-bond donors (Lipinski definition) is 0. The summed E-state index contributed by atoms with van der Waals surface area (Å²) in [5.41, 5.74) is 1.92. The quantitative estimate of drug-likeness (QED) is 0.363. The maximum atomic E-state index is 12.6. The van der Waals surface area contributed by atoms with Crippen LogP contribution in [0.5, 0.6) is 0 Å². The summed E-state index contributed by atoms with van der Waals surface area (Å²) < 4.78 is 61.2. The molecular weight excluding hydrogens is 448 g/mol. The highest BCUT2D eigenvalue weighted by molar-refractivity contribution is 7.87. The molecule has 32 heavy (non-hydrogen) atoms. The molecule has 0 aromatic heterocycles. The van der Waals surface area contributed by atoms with Crippen molar-refractivity contribution in [1.82, 2.24) is 0 Å².